The van der Waals surface area contributed by atoms with Gasteiger partial charge in [-0.05, 0) is 35.4 Å². The molecule has 1 aliphatic heterocycles. The summed E-state index contributed by atoms with van der Waals surface area (Å²) in [6, 6.07) is 14.1. The van der Waals surface area contributed by atoms with Gasteiger partial charge in [-0.2, -0.15) is 5.26 Å². The van der Waals surface area contributed by atoms with Gasteiger partial charge in [0.1, 0.15) is 12.4 Å². The number of allylic oxidation sites excluding steroid dienone is 1. The smallest absolute Gasteiger partial charge is 0.319 e. The first-order valence-electron chi connectivity index (χ1n) is 9.08. The van der Waals surface area contributed by atoms with E-state index in [0.29, 0.717) is 33.7 Å². The van der Waals surface area contributed by atoms with Crippen molar-refractivity contribution in [1.82, 2.24) is 10.6 Å². The molecule has 0 aromatic heterocycles. The highest BCUT2D eigenvalue weighted by Crippen LogP contribution is 2.35. The third kappa shape index (κ3) is 4.84. The first kappa shape index (κ1) is 21.0. The molecule has 0 aliphatic carbocycles. The average molecular weight is 430 g/mol. The molecule has 2 aromatic carbocycles. The molecule has 0 fully saturated rings. The quantitative estimate of drug-likeness (QED) is 0.649. The molecule has 0 saturated heterocycles. The van der Waals surface area contributed by atoms with Crippen molar-refractivity contribution in [3.05, 3.63) is 74.9 Å². The Bertz CT molecular complexity index is 1000. The fourth-order valence-corrected chi connectivity index (χ4v) is 3.40. The Morgan fingerprint density at radius 2 is 1.79 bits per heavy atom. The van der Waals surface area contributed by atoms with Crippen LogP contribution in [0.4, 0.5) is 4.79 Å². The van der Waals surface area contributed by atoms with E-state index < -0.39 is 6.04 Å². The Kier molecular flexibility index (Phi) is 6.07. The molecular formula is C22H21Cl2N3O2. The summed E-state index contributed by atoms with van der Waals surface area (Å²) in [5.74, 6) is 0.665. The maximum atomic E-state index is 12.1. The van der Waals surface area contributed by atoms with Crippen LogP contribution < -0.4 is 15.4 Å². The van der Waals surface area contributed by atoms with Gasteiger partial charge in [-0.1, -0.05) is 62.2 Å². The summed E-state index contributed by atoms with van der Waals surface area (Å²) in [4.78, 5) is 12.1. The highest BCUT2D eigenvalue weighted by atomic mass is 35.5. The van der Waals surface area contributed by atoms with E-state index in [0.717, 1.165) is 11.1 Å². The van der Waals surface area contributed by atoms with E-state index in [1.54, 1.807) is 12.1 Å². The highest BCUT2D eigenvalue weighted by molar-refractivity contribution is 6.42. The van der Waals surface area contributed by atoms with Crippen molar-refractivity contribution in [2.45, 2.75) is 33.4 Å². The van der Waals surface area contributed by atoms with Crippen LogP contribution in [0.3, 0.4) is 0 Å². The molecule has 2 amide bonds. The van der Waals surface area contributed by atoms with Crippen molar-refractivity contribution in [2.75, 3.05) is 0 Å². The van der Waals surface area contributed by atoms with Crippen molar-refractivity contribution < 1.29 is 9.53 Å². The fourth-order valence-electron chi connectivity index (χ4n) is 3.08. The van der Waals surface area contributed by atoms with Crippen LogP contribution in [-0.4, -0.2) is 6.03 Å². The predicted molar refractivity (Wildman–Crippen MR) is 114 cm³/mol. The van der Waals surface area contributed by atoms with E-state index in [4.69, 9.17) is 27.9 Å². The molecule has 0 unspecified atom stereocenters. The Morgan fingerprint density at radius 1 is 1.10 bits per heavy atom. The van der Waals surface area contributed by atoms with Gasteiger partial charge >= 0.3 is 6.03 Å². The number of urea groups is 1. The van der Waals surface area contributed by atoms with Crippen LogP contribution in [0.25, 0.3) is 0 Å². The second-order valence-electron chi connectivity index (χ2n) is 7.79. The van der Waals surface area contributed by atoms with Gasteiger partial charge in [0, 0.05) is 11.1 Å². The number of rotatable bonds is 4. The molecule has 2 N–H and O–H groups in total. The van der Waals surface area contributed by atoms with Gasteiger partial charge in [0.25, 0.3) is 0 Å². The van der Waals surface area contributed by atoms with Gasteiger partial charge in [-0.25, -0.2) is 4.79 Å². The van der Waals surface area contributed by atoms with Crippen LogP contribution in [0, 0.1) is 16.7 Å². The molecule has 3 rings (SSSR count). The first-order valence-corrected chi connectivity index (χ1v) is 9.83. The van der Waals surface area contributed by atoms with Crippen molar-refractivity contribution in [3.63, 3.8) is 0 Å². The molecule has 7 heteroatoms. The molecule has 0 bridgehead atoms. The van der Waals surface area contributed by atoms with Crippen molar-refractivity contribution in [2.24, 2.45) is 5.41 Å². The molecule has 1 aliphatic rings. The third-order valence-corrected chi connectivity index (χ3v) is 5.28. The SMILES string of the molecule is CC(C)(C)C1=C(C#N)[C@@H](c2ccc(OCc3ccc(Cl)c(Cl)c3)cc2)NC(=O)N1. The van der Waals surface area contributed by atoms with Gasteiger partial charge < -0.3 is 15.4 Å². The minimum Gasteiger partial charge on any atom is -0.489 e. The number of amides is 2. The van der Waals surface area contributed by atoms with E-state index in [2.05, 4.69) is 16.7 Å². The lowest BCUT2D eigenvalue weighted by atomic mass is 9.84. The summed E-state index contributed by atoms with van der Waals surface area (Å²) >= 11 is 12.0. The van der Waals surface area contributed by atoms with E-state index in [9.17, 15) is 10.1 Å². The van der Waals surface area contributed by atoms with E-state index >= 15 is 0 Å². The zero-order valence-corrected chi connectivity index (χ0v) is 17.9. The van der Waals surface area contributed by atoms with Crippen LogP contribution in [0.15, 0.2) is 53.7 Å². The van der Waals surface area contributed by atoms with Crippen LogP contribution >= 0.6 is 23.2 Å². The number of hydrogen-bond donors (Lipinski definition) is 2. The number of hydrogen-bond acceptors (Lipinski definition) is 3. The summed E-state index contributed by atoms with van der Waals surface area (Å²) < 4.78 is 5.80. The highest BCUT2D eigenvalue weighted by Gasteiger charge is 2.33. The Labute approximate surface area is 180 Å². The Morgan fingerprint density at radius 3 is 2.38 bits per heavy atom. The molecule has 2 aromatic rings. The van der Waals surface area contributed by atoms with Gasteiger partial charge in [-0.15, -0.1) is 0 Å². The summed E-state index contributed by atoms with van der Waals surface area (Å²) in [5, 5.41) is 16.3. The minimum atomic E-state index is -0.507. The summed E-state index contributed by atoms with van der Waals surface area (Å²) in [6.07, 6.45) is 0. The van der Waals surface area contributed by atoms with Crippen molar-refractivity contribution in [1.29, 1.82) is 5.26 Å². The number of nitriles is 1. The maximum absolute atomic E-state index is 12.1. The molecular weight excluding hydrogens is 409 g/mol. The topological polar surface area (TPSA) is 74.1 Å². The van der Waals surface area contributed by atoms with E-state index in [1.807, 2.05) is 51.1 Å². The van der Waals surface area contributed by atoms with Crippen LogP contribution in [-0.2, 0) is 6.61 Å². The lowest BCUT2D eigenvalue weighted by Gasteiger charge is -2.33. The van der Waals surface area contributed by atoms with Crippen molar-refractivity contribution in [3.8, 4) is 11.8 Å². The molecule has 150 valence electrons. The van der Waals surface area contributed by atoms with E-state index in [1.165, 1.54) is 0 Å². The number of nitrogens with zero attached hydrogens (tertiary/aromatic N) is 1. The Balaban J connectivity index is 1.79. The minimum absolute atomic E-state index is 0.320. The van der Waals surface area contributed by atoms with E-state index in [-0.39, 0.29) is 11.4 Å². The number of carbonyl (C=O) groups excluding carboxylic acids is 1. The van der Waals surface area contributed by atoms with Gasteiger partial charge in [0.15, 0.2) is 0 Å². The molecule has 1 atom stereocenters. The lowest BCUT2D eigenvalue weighted by Crippen LogP contribution is -2.46. The monoisotopic (exact) mass is 429 g/mol. The second-order valence-corrected chi connectivity index (χ2v) is 8.60. The fraction of sp³-hybridized carbons (Fsp3) is 0.273. The molecule has 0 radical (unpaired) electrons. The van der Waals surface area contributed by atoms with Crippen LogP contribution in [0.1, 0.15) is 37.9 Å². The summed E-state index contributed by atoms with van der Waals surface area (Å²) in [5.41, 5.74) is 2.48. The molecule has 0 saturated carbocycles. The molecule has 29 heavy (non-hydrogen) atoms. The molecule has 0 spiro atoms. The maximum Gasteiger partial charge on any atom is 0.319 e. The number of nitrogens with one attached hydrogen (secondary N) is 2. The number of carbonyl (C=O) groups is 1. The molecule has 1 heterocycles. The zero-order valence-electron chi connectivity index (χ0n) is 16.3. The largest absolute Gasteiger partial charge is 0.489 e. The summed E-state index contributed by atoms with van der Waals surface area (Å²) in [6.45, 7) is 6.23. The van der Waals surface area contributed by atoms with Crippen molar-refractivity contribution >= 4 is 29.2 Å². The zero-order chi connectivity index (χ0) is 21.2. The summed E-state index contributed by atoms with van der Waals surface area (Å²) in [7, 11) is 0. The standard InChI is InChI=1S/C22H21Cl2N3O2/c1-22(2,3)20-16(11-25)19(26-21(28)27-20)14-5-7-15(8-6-14)29-12-13-4-9-17(23)18(24)10-13/h4-10,19H,12H2,1-3H3,(H2,26,27,28)/t19-/m1/s1. The lowest BCUT2D eigenvalue weighted by molar-refractivity contribution is 0.235. The number of halogens is 2. The third-order valence-electron chi connectivity index (χ3n) is 4.55. The predicted octanol–water partition coefficient (Wildman–Crippen LogP) is 5.75. The second kappa shape index (κ2) is 8.36. The van der Waals surface area contributed by atoms with Gasteiger partial charge in [-0.3, -0.25) is 0 Å². The van der Waals surface area contributed by atoms with Gasteiger partial charge in [0.2, 0.25) is 0 Å². The average Bonchev–Trinajstić information content (AvgIpc) is 2.68. The van der Waals surface area contributed by atoms with Crippen LogP contribution in [0.2, 0.25) is 10.0 Å². The Hall–Kier alpha value is -2.68. The van der Waals surface area contributed by atoms with Gasteiger partial charge in [0.05, 0.1) is 27.7 Å². The number of ether oxygens (including phenoxy) is 1. The first-order chi connectivity index (χ1) is 13.7. The normalized spacial score (nSPS) is 16.7. The molecule has 5 nitrogen and oxygen atoms in total. The number of benzene rings is 2. The van der Waals surface area contributed by atoms with Crippen LogP contribution in [0.5, 0.6) is 5.75 Å².